The monoisotopic (exact) mass is 573 g/mol. The maximum absolute atomic E-state index is 12.2. The summed E-state index contributed by atoms with van der Waals surface area (Å²) in [6, 6.07) is 6.26. The SMILES string of the molecule is CCNC(=NCC1(CN2CCOCC2)CCCCC1)NCCNC(=O)c1ccc(O)cc1.I. The minimum atomic E-state index is -0.152. The largest absolute Gasteiger partial charge is 0.508 e. The van der Waals surface area contributed by atoms with E-state index in [9.17, 15) is 9.90 Å². The van der Waals surface area contributed by atoms with E-state index < -0.39 is 0 Å². The lowest BCUT2D eigenvalue weighted by molar-refractivity contribution is 0.00937. The van der Waals surface area contributed by atoms with E-state index in [0.29, 0.717) is 18.7 Å². The van der Waals surface area contributed by atoms with Crippen molar-refractivity contribution in [2.24, 2.45) is 10.4 Å². The lowest BCUT2D eigenvalue weighted by atomic mass is 9.73. The Morgan fingerprint density at radius 3 is 2.39 bits per heavy atom. The van der Waals surface area contributed by atoms with E-state index in [1.807, 2.05) is 0 Å². The second kappa shape index (κ2) is 14.6. The summed E-state index contributed by atoms with van der Waals surface area (Å²) < 4.78 is 5.53. The van der Waals surface area contributed by atoms with Crippen molar-refractivity contribution in [3.8, 4) is 5.75 Å². The number of ether oxygens (including phenoxy) is 1. The van der Waals surface area contributed by atoms with Crippen molar-refractivity contribution in [3.63, 3.8) is 0 Å². The Morgan fingerprint density at radius 1 is 1.06 bits per heavy atom. The number of phenols is 1. The summed E-state index contributed by atoms with van der Waals surface area (Å²) in [5.74, 6) is 0.804. The predicted molar refractivity (Wildman–Crippen MR) is 143 cm³/mol. The molecule has 2 aliphatic rings. The Kier molecular flexibility index (Phi) is 12.3. The molecule has 1 saturated carbocycles. The molecule has 1 saturated heterocycles. The van der Waals surface area contributed by atoms with Crippen LogP contribution in [0.4, 0.5) is 0 Å². The number of benzene rings is 1. The van der Waals surface area contributed by atoms with Crippen LogP contribution in [0.3, 0.4) is 0 Å². The molecule has 186 valence electrons. The van der Waals surface area contributed by atoms with E-state index in [-0.39, 0.29) is 41.0 Å². The van der Waals surface area contributed by atoms with Gasteiger partial charge in [-0.25, -0.2) is 0 Å². The van der Waals surface area contributed by atoms with Crippen molar-refractivity contribution < 1.29 is 14.6 Å². The minimum Gasteiger partial charge on any atom is -0.508 e. The number of nitrogens with one attached hydrogen (secondary N) is 3. The van der Waals surface area contributed by atoms with Crippen molar-refractivity contribution in [2.75, 3.05) is 59.0 Å². The van der Waals surface area contributed by atoms with Crippen molar-refractivity contribution >= 4 is 35.8 Å². The van der Waals surface area contributed by atoms with Crippen LogP contribution in [0.1, 0.15) is 49.4 Å². The number of phenolic OH excluding ortho intramolecular Hbond substituents is 1. The maximum Gasteiger partial charge on any atom is 0.251 e. The molecule has 1 heterocycles. The molecule has 1 amide bonds. The number of aromatic hydroxyl groups is 1. The van der Waals surface area contributed by atoms with Crippen LogP contribution in [0, 0.1) is 5.41 Å². The molecule has 0 radical (unpaired) electrons. The van der Waals surface area contributed by atoms with Crippen LogP contribution in [0.15, 0.2) is 29.3 Å². The zero-order valence-corrected chi connectivity index (χ0v) is 22.1. The molecule has 1 aliphatic carbocycles. The fourth-order valence-electron chi connectivity index (χ4n) is 4.56. The van der Waals surface area contributed by atoms with Gasteiger partial charge in [-0.15, -0.1) is 24.0 Å². The number of aliphatic imine (C=N–C) groups is 1. The zero-order valence-electron chi connectivity index (χ0n) is 19.8. The van der Waals surface area contributed by atoms with E-state index in [4.69, 9.17) is 9.73 Å². The highest BCUT2D eigenvalue weighted by molar-refractivity contribution is 14.0. The highest BCUT2D eigenvalue weighted by Gasteiger charge is 2.34. The van der Waals surface area contributed by atoms with Gasteiger partial charge < -0.3 is 25.8 Å². The van der Waals surface area contributed by atoms with Gasteiger partial charge >= 0.3 is 0 Å². The maximum atomic E-state index is 12.2. The fraction of sp³-hybridized carbons (Fsp3) is 0.667. The number of amides is 1. The van der Waals surface area contributed by atoms with Crippen LogP contribution in [-0.4, -0.2) is 80.9 Å². The molecule has 1 aromatic rings. The lowest BCUT2D eigenvalue weighted by Gasteiger charge is -2.41. The lowest BCUT2D eigenvalue weighted by Crippen LogP contribution is -2.47. The van der Waals surface area contributed by atoms with Crippen molar-refractivity contribution in [1.82, 2.24) is 20.9 Å². The standard InChI is InChI=1S/C24H39N5O3.HI/c1-2-25-23(27-13-12-26-22(31)20-6-8-21(30)9-7-20)28-18-24(10-4-3-5-11-24)19-29-14-16-32-17-15-29;/h6-9,30H,2-5,10-19H2,1H3,(H,26,31)(H2,25,27,28);1H. The number of hydrogen-bond acceptors (Lipinski definition) is 5. The summed E-state index contributed by atoms with van der Waals surface area (Å²) in [6.07, 6.45) is 6.36. The van der Waals surface area contributed by atoms with Crippen LogP contribution in [0.5, 0.6) is 5.75 Å². The summed E-state index contributed by atoms with van der Waals surface area (Å²) in [7, 11) is 0. The molecular weight excluding hydrogens is 533 g/mol. The number of morpholine rings is 1. The second-order valence-electron chi connectivity index (χ2n) is 8.87. The number of rotatable bonds is 9. The summed E-state index contributed by atoms with van der Waals surface area (Å²) in [5.41, 5.74) is 0.774. The highest BCUT2D eigenvalue weighted by Crippen LogP contribution is 2.37. The number of nitrogens with zero attached hydrogens (tertiary/aromatic N) is 2. The number of guanidine groups is 1. The van der Waals surface area contributed by atoms with Crippen molar-refractivity contribution in [1.29, 1.82) is 0 Å². The first kappa shape index (κ1) is 27.7. The van der Waals surface area contributed by atoms with E-state index in [2.05, 4.69) is 27.8 Å². The summed E-state index contributed by atoms with van der Waals surface area (Å²) >= 11 is 0. The van der Waals surface area contributed by atoms with Crippen LogP contribution in [0.2, 0.25) is 0 Å². The van der Waals surface area contributed by atoms with Crippen LogP contribution >= 0.6 is 24.0 Å². The topological polar surface area (TPSA) is 98.2 Å². The third-order valence-electron chi connectivity index (χ3n) is 6.33. The van der Waals surface area contributed by atoms with E-state index in [1.165, 1.54) is 44.2 Å². The minimum absolute atomic E-state index is 0. The molecular formula is C24H40IN5O3. The molecule has 33 heavy (non-hydrogen) atoms. The van der Waals surface area contributed by atoms with Crippen molar-refractivity contribution in [3.05, 3.63) is 29.8 Å². The van der Waals surface area contributed by atoms with Crippen LogP contribution < -0.4 is 16.0 Å². The first-order valence-electron chi connectivity index (χ1n) is 12.0. The Balaban J connectivity index is 0.00000385. The zero-order chi connectivity index (χ0) is 22.7. The third-order valence-corrected chi connectivity index (χ3v) is 6.33. The van der Waals surface area contributed by atoms with Gasteiger partial charge in [0.05, 0.1) is 13.2 Å². The molecule has 0 bridgehead atoms. The van der Waals surface area contributed by atoms with Gasteiger partial charge in [-0.1, -0.05) is 19.3 Å². The Labute approximate surface area is 215 Å². The van der Waals surface area contributed by atoms with Gasteiger partial charge in [-0.05, 0) is 44.0 Å². The van der Waals surface area contributed by atoms with Gasteiger partial charge in [0, 0.05) is 56.8 Å². The number of halogens is 1. The first-order valence-corrected chi connectivity index (χ1v) is 12.0. The average Bonchev–Trinajstić information content (AvgIpc) is 2.82. The molecule has 0 aromatic heterocycles. The smallest absolute Gasteiger partial charge is 0.251 e. The Bertz CT molecular complexity index is 732. The first-order chi connectivity index (χ1) is 15.6. The van der Waals surface area contributed by atoms with Gasteiger partial charge in [-0.2, -0.15) is 0 Å². The molecule has 0 unspecified atom stereocenters. The highest BCUT2D eigenvalue weighted by atomic mass is 127. The van der Waals surface area contributed by atoms with Gasteiger partial charge in [0.1, 0.15) is 5.75 Å². The molecule has 1 aliphatic heterocycles. The van der Waals surface area contributed by atoms with Gasteiger partial charge in [-0.3, -0.25) is 14.7 Å². The number of carbonyl (C=O) groups is 1. The predicted octanol–water partition coefficient (Wildman–Crippen LogP) is 2.58. The molecule has 9 heteroatoms. The summed E-state index contributed by atoms with van der Waals surface area (Å²) in [4.78, 5) is 19.7. The Morgan fingerprint density at radius 2 is 1.73 bits per heavy atom. The molecule has 0 atom stereocenters. The summed E-state index contributed by atoms with van der Waals surface area (Å²) in [5, 5.41) is 18.9. The second-order valence-corrected chi connectivity index (χ2v) is 8.87. The van der Waals surface area contributed by atoms with Crippen LogP contribution in [-0.2, 0) is 4.74 Å². The van der Waals surface area contributed by atoms with E-state index in [0.717, 1.165) is 51.9 Å². The van der Waals surface area contributed by atoms with Gasteiger partial charge in [0.25, 0.3) is 5.91 Å². The van der Waals surface area contributed by atoms with E-state index in [1.54, 1.807) is 12.1 Å². The van der Waals surface area contributed by atoms with Gasteiger partial charge in [0.2, 0.25) is 0 Å². The molecule has 1 aromatic carbocycles. The van der Waals surface area contributed by atoms with E-state index >= 15 is 0 Å². The Hall–Kier alpha value is -1.59. The quantitative estimate of drug-likeness (QED) is 0.157. The molecule has 4 N–H and O–H groups in total. The molecule has 8 nitrogen and oxygen atoms in total. The molecule has 3 rings (SSSR count). The summed E-state index contributed by atoms with van der Waals surface area (Å²) in [6.45, 7) is 9.56. The molecule has 2 fully saturated rings. The number of carbonyl (C=O) groups excluding carboxylic acids is 1. The number of hydrogen-bond donors (Lipinski definition) is 4. The van der Waals surface area contributed by atoms with Gasteiger partial charge in [0.15, 0.2) is 5.96 Å². The third kappa shape index (κ3) is 9.29. The normalized spacial score (nSPS) is 18.8. The average molecular weight is 574 g/mol. The molecule has 0 spiro atoms. The van der Waals surface area contributed by atoms with Crippen LogP contribution in [0.25, 0.3) is 0 Å². The fourth-order valence-corrected chi connectivity index (χ4v) is 4.56. The van der Waals surface area contributed by atoms with Crippen molar-refractivity contribution in [2.45, 2.75) is 39.0 Å².